The van der Waals surface area contributed by atoms with Gasteiger partial charge < -0.3 is 5.32 Å². The molecule has 1 amide bonds. The van der Waals surface area contributed by atoms with E-state index >= 15 is 0 Å². The highest BCUT2D eigenvalue weighted by Gasteiger charge is 2.26. The summed E-state index contributed by atoms with van der Waals surface area (Å²) in [5, 5.41) is 23.9. The van der Waals surface area contributed by atoms with Gasteiger partial charge in [0.1, 0.15) is 11.6 Å². The molecular formula is C28H26N4O5S2. The lowest BCUT2D eigenvalue weighted by Gasteiger charge is -2.26. The summed E-state index contributed by atoms with van der Waals surface area (Å²) in [4.78, 5) is 25.4. The maximum atomic E-state index is 13.0. The van der Waals surface area contributed by atoms with E-state index in [1.54, 1.807) is 12.1 Å². The number of rotatable bonds is 8. The van der Waals surface area contributed by atoms with E-state index in [-0.39, 0.29) is 21.8 Å². The van der Waals surface area contributed by atoms with Gasteiger partial charge >= 0.3 is 0 Å². The minimum Gasteiger partial charge on any atom is -0.321 e. The van der Waals surface area contributed by atoms with Crippen molar-refractivity contribution in [3.05, 3.63) is 93.5 Å². The highest BCUT2D eigenvalue weighted by molar-refractivity contribution is 7.99. The van der Waals surface area contributed by atoms with Gasteiger partial charge in [0.2, 0.25) is 10.0 Å². The monoisotopic (exact) mass is 562 g/mol. The van der Waals surface area contributed by atoms with E-state index in [9.17, 15) is 28.6 Å². The third kappa shape index (κ3) is 6.92. The number of hydrogen-bond acceptors (Lipinski definition) is 7. The van der Waals surface area contributed by atoms with Crippen molar-refractivity contribution in [3.63, 3.8) is 0 Å². The Hall–Kier alpha value is -3.98. The number of hydrogen-bond donors (Lipinski definition) is 1. The van der Waals surface area contributed by atoms with Gasteiger partial charge in [0.15, 0.2) is 0 Å². The van der Waals surface area contributed by atoms with Crippen LogP contribution >= 0.6 is 11.8 Å². The van der Waals surface area contributed by atoms with E-state index in [0.29, 0.717) is 23.5 Å². The second-order valence-corrected chi connectivity index (χ2v) is 12.1. The quantitative estimate of drug-likeness (QED) is 0.159. The number of piperidine rings is 1. The number of benzene rings is 3. The summed E-state index contributed by atoms with van der Waals surface area (Å²) in [6, 6.07) is 19.8. The topological polar surface area (TPSA) is 133 Å². The molecule has 9 nitrogen and oxygen atoms in total. The first-order chi connectivity index (χ1) is 18.7. The Morgan fingerprint density at radius 3 is 2.46 bits per heavy atom. The van der Waals surface area contributed by atoms with Gasteiger partial charge in [-0.2, -0.15) is 9.57 Å². The molecule has 200 valence electrons. The van der Waals surface area contributed by atoms with Crippen LogP contribution in [0.25, 0.3) is 6.08 Å². The summed E-state index contributed by atoms with van der Waals surface area (Å²) in [5.41, 5.74) is 1.17. The molecule has 0 aromatic heterocycles. The fourth-order valence-corrected chi connectivity index (χ4v) is 6.55. The molecule has 1 aliphatic heterocycles. The lowest BCUT2D eigenvalue weighted by Crippen LogP contribution is -2.35. The van der Waals surface area contributed by atoms with Gasteiger partial charge in [0.05, 0.1) is 14.7 Å². The molecule has 0 radical (unpaired) electrons. The lowest BCUT2D eigenvalue weighted by atomic mass is 10.1. The largest absolute Gasteiger partial charge is 0.321 e. The van der Waals surface area contributed by atoms with Gasteiger partial charge in [-0.1, -0.05) is 48.0 Å². The van der Waals surface area contributed by atoms with Crippen molar-refractivity contribution in [2.24, 2.45) is 0 Å². The van der Waals surface area contributed by atoms with Gasteiger partial charge in [-0.25, -0.2) is 8.42 Å². The summed E-state index contributed by atoms with van der Waals surface area (Å²) in [5.74, 6) is -0.759. The molecule has 0 aliphatic carbocycles. The Bertz CT molecular complexity index is 1570. The van der Waals surface area contributed by atoms with Crippen LogP contribution < -0.4 is 5.32 Å². The van der Waals surface area contributed by atoms with E-state index in [1.165, 1.54) is 52.5 Å². The normalized spacial score (nSPS) is 14.4. The van der Waals surface area contributed by atoms with Crippen molar-refractivity contribution < 1.29 is 18.1 Å². The molecule has 3 aromatic carbocycles. The molecule has 1 saturated heterocycles. The molecule has 39 heavy (non-hydrogen) atoms. The van der Waals surface area contributed by atoms with Crippen molar-refractivity contribution in [1.29, 1.82) is 5.26 Å². The van der Waals surface area contributed by atoms with Gasteiger partial charge in [-0.05, 0) is 67.8 Å². The predicted molar refractivity (Wildman–Crippen MR) is 150 cm³/mol. The number of nitriles is 1. The molecule has 1 N–H and O–H groups in total. The number of anilines is 1. The minimum absolute atomic E-state index is 0.0574. The Morgan fingerprint density at radius 2 is 1.79 bits per heavy atom. The SMILES string of the molecule is Cc1ccc(Sc2ccc(/C=C(\C#N)C(=O)Nc3cccc(S(=O)(=O)N4CCCCC4)c3)cc2[N+](=O)[O-])cc1. The highest BCUT2D eigenvalue weighted by atomic mass is 32.2. The first kappa shape index (κ1) is 28.0. The molecule has 0 unspecified atom stereocenters. The summed E-state index contributed by atoms with van der Waals surface area (Å²) in [6.07, 6.45) is 3.85. The number of carbonyl (C=O) groups excluding carboxylic acids is 1. The molecule has 11 heteroatoms. The van der Waals surface area contributed by atoms with Crippen LogP contribution in [0.2, 0.25) is 0 Å². The van der Waals surface area contributed by atoms with E-state index in [2.05, 4.69) is 5.32 Å². The molecule has 4 rings (SSSR count). The summed E-state index contributed by atoms with van der Waals surface area (Å²) in [7, 11) is -3.70. The second-order valence-electron chi connectivity index (χ2n) is 9.02. The van der Waals surface area contributed by atoms with Crippen LogP contribution in [-0.2, 0) is 14.8 Å². The van der Waals surface area contributed by atoms with Gasteiger partial charge in [0.25, 0.3) is 11.6 Å². The molecule has 1 fully saturated rings. The molecule has 1 heterocycles. The molecule has 3 aromatic rings. The van der Waals surface area contributed by atoms with Gasteiger partial charge in [-0.15, -0.1) is 0 Å². The summed E-state index contributed by atoms with van der Waals surface area (Å²) < 4.78 is 27.4. The summed E-state index contributed by atoms with van der Waals surface area (Å²) in [6.45, 7) is 2.86. The summed E-state index contributed by atoms with van der Waals surface area (Å²) >= 11 is 1.25. The number of amides is 1. The Balaban J connectivity index is 1.54. The van der Waals surface area contributed by atoms with Gasteiger partial charge in [0, 0.05) is 29.7 Å². The highest BCUT2D eigenvalue weighted by Crippen LogP contribution is 2.36. The molecule has 0 saturated carbocycles. The van der Waals surface area contributed by atoms with Crippen molar-refractivity contribution >= 4 is 45.1 Å². The van der Waals surface area contributed by atoms with Crippen LogP contribution in [0.3, 0.4) is 0 Å². The number of carbonyl (C=O) groups is 1. The Kier molecular flexibility index (Phi) is 8.81. The second kappa shape index (κ2) is 12.3. The maximum absolute atomic E-state index is 13.0. The number of sulfonamides is 1. The van der Waals surface area contributed by atoms with Crippen molar-refractivity contribution in [2.75, 3.05) is 18.4 Å². The number of nitro groups is 1. The predicted octanol–water partition coefficient (Wildman–Crippen LogP) is 5.77. The zero-order valence-corrected chi connectivity index (χ0v) is 22.8. The molecular weight excluding hydrogens is 536 g/mol. The Labute approximate surface area is 231 Å². The number of nitrogens with zero attached hydrogens (tertiary/aromatic N) is 3. The van der Waals surface area contributed by atoms with Crippen LogP contribution in [-0.4, -0.2) is 36.6 Å². The number of nitro benzene ring substituents is 1. The molecule has 1 aliphatic rings. The zero-order chi connectivity index (χ0) is 28.0. The average Bonchev–Trinajstić information content (AvgIpc) is 2.94. The van der Waals surface area contributed by atoms with Crippen LogP contribution in [0.15, 0.2) is 87.0 Å². The van der Waals surface area contributed by atoms with Crippen LogP contribution in [0, 0.1) is 28.4 Å². The Morgan fingerprint density at radius 1 is 1.08 bits per heavy atom. The first-order valence-electron chi connectivity index (χ1n) is 12.2. The van der Waals surface area contributed by atoms with E-state index in [0.717, 1.165) is 29.7 Å². The van der Waals surface area contributed by atoms with Gasteiger partial charge in [-0.3, -0.25) is 14.9 Å². The fourth-order valence-electron chi connectivity index (χ4n) is 4.09. The molecule has 0 atom stereocenters. The molecule has 0 bridgehead atoms. The number of aryl methyl sites for hydroxylation is 1. The average molecular weight is 563 g/mol. The third-order valence-corrected chi connectivity index (χ3v) is 9.12. The van der Waals surface area contributed by atoms with E-state index in [4.69, 9.17) is 0 Å². The fraction of sp³-hybridized carbons (Fsp3) is 0.214. The standard InChI is InChI=1S/C28H26N4O5S2/c1-20-8-11-24(12-9-20)38-27-13-10-21(17-26(27)32(34)35)16-22(19-29)28(33)30-23-6-5-7-25(18-23)39(36,37)31-14-3-2-4-15-31/h5-13,16-18H,2-4,14-15H2,1H3,(H,30,33)/b22-16+. The van der Waals surface area contributed by atoms with Crippen molar-refractivity contribution in [2.45, 2.75) is 40.9 Å². The number of nitrogens with one attached hydrogen (secondary N) is 1. The minimum atomic E-state index is -3.70. The lowest BCUT2D eigenvalue weighted by molar-refractivity contribution is -0.387. The third-order valence-electron chi connectivity index (χ3n) is 6.15. The smallest absolute Gasteiger partial charge is 0.283 e. The van der Waals surface area contributed by atoms with E-state index < -0.39 is 20.9 Å². The van der Waals surface area contributed by atoms with Crippen molar-refractivity contribution in [1.82, 2.24) is 4.31 Å². The van der Waals surface area contributed by atoms with Crippen LogP contribution in [0.4, 0.5) is 11.4 Å². The molecule has 0 spiro atoms. The van der Waals surface area contributed by atoms with Crippen LogP contribution in [0.5, 0.6) is 0 Å². The zero-order valence-electron chi connectivity index (χ0n) is 21.2. The van der Waals surface area contributed by atoms with Crippen LogP contribution in [0.1, 0.15) is 30.4 Å². The first-order valence-corrected chi connectivity index (χ1v) is 14.5. The maximum Gasteiger partial charge on any atom is 0.283 e. The van der Waals surface area contributed by atoms with Crippen molar-refractivity contribution in [3.8, 4) is 6.07 Å². The van der Waals surface area contributed by atoms with E-state index in [1.807, 2.05) is 37.3 Å².